The molecular formula is C15H23FN2O. The second-order valence-corrected chi connectivity index (χ2v) is 5.13. The van der Waals surface area contributed by atoms with Gasteiger partial charge in [-0.1, -0.05) is 6.92 Å². The van der Waals surface area contributed by atoms with Gasteiger partial charge >= 0.3 is 0 Å². The van der Waals surface area contributed by atoms with E-state index in [4.69, 9.17) is 4.74 Å². The SMILES string of the molecule is CCC1COC(C)CN1CCNc1ccc(F)cc1. The highest BCUT2D eigenvalue weighted by Crippen LogP contribution is 2.14. The van der Waals surface area contributed by atoms with E-state index in [9.17, 15) is 4.39 Å². The molecule has 0 saturated carbocycles. The molecule has 1 saturated heterocycles. The first-order chi connectivity index (χ1) is 9.19. The molecule has 4 heteroatoms. The van der Waals surface area contributed by atoms with Crippen LogP contribution in [0.4, 0.5) is 10.1 Å². The minimum Gasteiger partial charge on any atom is -0.384 e. The topological polar surface area (TPSA) is 24.5 Å². The van der Waals surface area contributed by atoms with Gasteiger partial charge in [-0.05, 0) is 37.6 Å². The smallest absolute Gasteiger partial charge is 0.123 e. The summed E-state index contributed by atoms with van der Waals surface area (Å²) in [5, 5.41) is 3.33. The van der Waals surface area contributed by atoms with E-state index in [0.29, 0.717) is 12.1 Å². The van der Waals surface area contributed by atoms with Gasteiger partial charge in [0.05, 0.1) is 12.7 Å². The number of halogens is 1. The molecule has 2 rings (SSSR count). The fourth-order valence-electron chi connectivity index (χ4n) is 2.47. The van der Waals surface area contributed by atoms with Crippen LogP contribution in [0.5, 0.6) is 0 Å². The number of rotatable bonds is 5. The largest absolute Gasteiger partial charge is 0.384 e. The van der Waals surface area contributed by atoms with E-state index in [1.807, 2.05) is 0 Å². The Labute approximate surface area is 114 Å². The van der Waals surface area contributed by atoms with E-state index in [-0.39, 0.29) is 5.82 Å². The lowest BCUT2D eigenvalue weighted by atomic mass is 10.1. The molecule has 1 N–H and O–H groups in total. The minimum absolute atomic E-state index is 0.196. The van der Waals surface area contributed by atoms with Gasteiger partial charge in [-0.3, -0.25) is 4.90 Å². The third kappa shape index (κ3) is 4.18. The van der Waals surface area contributed by atoms with Crippen molar-refractivity contribution in [3.63, 3.8) is 0 Å². The number of nitrogens with zero attached hydrogens (tertiary/aromatic N) is 1. The van der Waals surface area contributed by atoms with Crippen LogP contribution in [0, 0.1) is 5.82 Å². The Hall–Kier alpha value is -1.13. The lowest BCUT2D eigenvalue weighted by Gasteiger charge is -2.38. The van der Waals surface area contributed by atoms with Gasteiger partial charge in [-0.15, -0.1) is 0 Å². The van der Waals surface area contributed by atoms with E-state index >= 15 is 0 Å². The summed E-state index contributed by atoms with van der Waals surface area (Å²) < 4.78 is 18.5. The summed E-state index contributed by atoms with van der Waals surface area (Å²) in [6, 6.07) is 7.02. The number of ether oxygens (including phenoxy) is 1. The van der Waals surface area contributed by atoms with Gasteiger partial charge in [-0.25, -0.2) is 4.39 Å². The molecule has 1 heterocycles. The maximum atomic E-state index is 12.8. The fraction of sp³-hybridized carbons (Fsp3) is 0.600. The van der Waals surface area contributed by atoms with E-state index < -0.39 is 0 Å². The van der Waals surface area contributed by atoms with Crippen LogP contribution in [0.1, 0.15) is 20.3 Å². The summed E-state index contributed by atoms with van der Waals surface area (Å²) in [5.74, 6) is -0.196. The van der Waals surface area contributed by atoms with E-state index in [1.165, 1.54) is 12.1 Å². The van der Waals surface area contributed by atoms with Crippen molar-refractivity contribution >= 4 is 5.69 Å². The van der Waals surface area contributed by atoms with Gasteiger partial charge in [0.2, 0.25) is 0 Å². The Morgan fingerprint density at radius 1 is 1.37 bits per heavy atom. The predicted octanol–water partition coefficient (Wildman–Crippen LogP) is 2.74. The van der Waals surface area contributed by atoms with Crippen LogP contribution >= 0.6 is 0 Å². The zero-order valence-electron chi connectivity index (χ0n) is 11.7. The van der Waals surface area contributed by atoms with Crippen molar-refractivity contribution in [3.05, 3.63) is 30.1 Å². The van der Waals surface area contributed by atoms with Crippen LogP contribution in [0.15, 0.2) is 24.3 Å². The number of hydrogen-bond donors (Lipinski definition) is 1. The molecule has 0 radical (unpaired) electrons. The summed E-state index contributed by atoms with van der Waals surface area (Å²) in [5.41, 5.74) is 0.968. The molecule has 19 heavy (non-hydrogen) atoms. The Balaban J connectivity index is 1.78. The number of hydrogen-bond acceptors (Lipinski definition) is 3. The average Bonchev–Trinajstić information content (AvgIpc) is 2.41. The molecule has 0 aromatic heterocycles. The molecule has 1 aromatic rings. The van der Waals surface area contributed by atoms with Gasteiger partial charge in [-0.2, -0.15) is 0 Å². The zero-order chi connectivity index (χ0) is 13.7. The minimum atomic E-state index is -0.196. The first-order valence-corrected chi connectivity index (χ1v) is 7.04. The van der Waals surface area contributed by atoms with Crippen LogP contribution in [-0.2, 0) is 4.74 Å². The van der Waals surface area contributed by atoms with Crippen molar-refractivity contribution in [2.45, 2.75) is 32.4 Å². The molecule has 2 unspecified atom stereocenters. The van der Waals surface area contributed by atoms with Crippen LogP contribution in [-0.4, -0.2) is 43.3 Å². The molecule has 0 bridgehead atoms. The molecule has 1 aliphatic heterocycles. The Kier molecular flexibility index (Phi) is 5.16. The quantitative estimate of drug-likeness (QED) is 0.887. The van der Waals surface area contributed by atoms with Gasteiger partial charge < -0.3 is 10.1 Å². The highest BCUT2D eigenvalue weighted by atomic mass is 19.1. The summed E-state index contributed by atoms with van der Waals surface area (Å²) in [6.07, 6.45) is 1.43. The second kappa shape index (κ2) is 6.87. The van der Waals surface area contributed by atoms with Crippen molar-refractivity contribution in [2.75, 3.05) is 31.6 Å². The average molecular weight is 266 g/mol. The molecule has 2 atom stereocenters. The van der Waals surface area contributed by atoms with Crippen LogP contribution in [0.25, 0.3) is 0 Å². The van der Waals surface area contributed by atoms with Gasteiger partial charge in [0.1, 0.15) is 5.82 Å². The van der Waals surface area contributed by atoms with Crippen molar-refractivity contribution < 1.29 is 9.13 Å². The van der Waals surface area contributed by atoms with Crippen molar-refractivity contribution in [1.82, 2.24) is 4.90 Å². The highest BCUT2D eigenvalue weighted by molar-refractivity contribution is 5.42. The lowest BCUT2D eigenvalue weighted by molar-refractivity contribution is -0.0541. The molecule has 3 nitrogen and oxygen atoms in total. The maximum Gasteiger partial charge on any atom is 0.123 e. The maximum absolute atomic E-state index is 12.8. The molecular weight excluding hydrogens is 243 g/mol. The van der Waals surface area contributed by atoms with Crippen molar-refractivity contribution in [3.8, 4) is 0 Å². The molecule has 0 aliphatic carbocycles. The van der Waals surface area contributed by atoms with E-state index in [2.05, 4.69) is 24.1 Å². The first-order valence-electron chi connectivity index (χ1n) is 7.04. The third-order valence-corrected chi connectivity index (χ3v) is 3.62. The lowest BCUT2D eigenvalue weighted by Crippen LogP contribution is -2.49. The molecule has 1 fully saturated rings. The van der Waals surface area contributed by atoms with Crippen molar-refractivity contribution in [1.29, 1.82) is 0 Å². The number of benzene rings is 1. The zero-order valence-corrected chi connectivity index (χ0v) is 11.7. The van der Waals surface area contributed by atoms with Crippen LogP contribution < -0.4 is 5.32 Å². The fourth-order valence-corrected chi connectivity index (χ4v) is 2.47. The molecule has 1 aliphatic rings. The first kappa shape index (κ1) is 14.3. The predicted molar refractivity (Wildman–Crippen MR) is 76.0 cm³/mol. The number of morpholine rings is 1. The summed E-state index contributed by atoms with van der Waals surface area (Å²) in [7, 11) is 0. The molecule has 106 valence electrons. The molecule has 0 spiro atoms. The highest BCUT2D eigenvalue weighted by Gasteiger charge is 2.24. The normalized spacial score (nSPS) is 24.4. The van der Waals surface area contributed by atoms with Crippen LogP contribution in [0.3, 0.4) is 0 Å². The van der Waals surface area contributed by atoms with Crippen molar-refractivity contribution in [2.24, 2.45) is 0 Å². The molecule has 0 amide bonds. The van der Waals surface area contributed by atoms with E-state index in [1.54, 1.807) is 12.1 Å². The standard InChI is InChI=1S/C15H23FN2O/c1-3-15-11-19-12(2)10-18(15)9-8-17-14-6-4-13(16)5-7-14/h4-7,12,15,17H,3,8-11H2,1-2H3. The van der Waals surface area contributed by atoms with Crippen LogP contribution in [0.2, 0.25) is 0 Å². The Morgan fingerprint density at radius 2 is 2.11 bits per heavy atom. The summed E-state index contributed by atoms with van der Waals surface area (Å²) in [4.78, 5) is 2.48. The number of anilines is 1. The number of nitrogens with one attached hydrogen (secondary N) is 1. The van der Waals surface area contributed by atoms with E-state index in [0.717, 1.165) is 38.3 Å². The monoisotopic (exact) mass is 266 g/mol. The summed E-state index contributed by atoms with van der Waals surface area (Å²) >= 11 is 0. The Bertz CT molecular complexity index is 382. The van der Waals surface area contributed by atoms with Gasteiger partial charge in [0.15, 0.2) is 0 Å². The van der Waals surface area contributed by atoms with Gasteiger partial charge in [0.25, 0.3) is 0 Å². The Morgan fingerprint density at radius 3 is 2.79 bits per heavy atom. The van der Waals surface area contributed by atoms with Gasteiger partial charge in [0, 0.05) is 31.4 Å². The second-order valence-electron chi connectivity index (χ2n) is 5.13. The third-order valence-electron chi connectivity index (χ3n) is 3.62. The summed E-state index contributed by atoms with van der Waals surface area (Å²) in [6.45, 7) is 7.99. The molecule has 1 aromatic carbocycles.